The van der Waals surface area contributed by atoms with Gasteiger partial charge in [-0.1, -0.05) is 17.7 Å². The van der Waals surface area contributed by atoms with Crippen molar-refractivity contribution in [1.82, 2.24) is 4.98 Å². The number of rotatable bonds is 3. The average molecular weight is 368 g/mol. The van der Waals surface area contributed by atoms with Gasteiger partial charge in [0.2, 0.25) is 0 Å². The molecule has 1 heterocycles. The summed E-state index contributed by atoms with van der Waals surface area (Å²) in [6, 6.07) is 10.4. The topological polar surface area (TPSA) is 42.1 Å². The number of methoxy groups -OCH3 is 1. The molecule has 0 unspecified atom stereocenters. The zero-order valence-corrected chi connectivity index (χ0v) is 13.8. The van der Waals surface area contributed by atoms with E-state index in [1.807, 2.05) is 0 Å². The van der Waals surface area contributed by atoms with Crippen LogP contribution in [0.3, 0.4) is 0 Å². The van der Waals surface area contributed by atoms with Crippen LogP contribution in [-0.2, 0) is 17.3 Å². The maximum atomic E-state index is 13.2. The Kier molecular flexibility index (Phi) is 4.47. The smallest absolute Gasteiger partial charge is 0.416 e. The van der Waals surface area contributed by atoms with Gasteiger partial charge in [-0.3, -0.25) is 0 Å². The minimum absolute atomic E-state index is 0.0374. The number of fused-ring (bicyclic) bond motifs is 1. The van der Waals surface area contributed by atoms with Crippen LogP contribution in [0.15, 0.2) is 42.5 Å². The summed E-state index contributed by atoms with van der Waals surface area (Å²) in [4.78, 5) is 14.6. The molecule has 0 aliphatic carbocycles. The maximum Gasteiger partial charge on any atom is 0.416 e. The van der Waals surface area contributed by atoms with E-state index in [9.17, 15) is 18.0 Å². The zero-order chi connectivity index (χ0) is 18.2. The fraction of sp³-hybridized carbons (Fsp3) is 0.167. The monoisotopic (exact) mass is 367 g/mol. The van der Waals surface area contributed by atoms with Crippen LogP contribution >= 0.6 is 11.6 Å². The summed E-state index contributed by atoms with van der Waals surface area (Å²) in [5.41, 5.74) is 1.07. The molecule has 0 fully saturated rings. The lowest BCUT2D eigenvalue weighted by atomic mass is 10.0. The van der Waals surface area contributed by atoms with Gasteiger partial charge in [0.15, 0.2) is 0 Å². The van der Waals surface area contributed by atoms with Gasteiger partial charge >= 0.3 is 12.1 Å². The number of alkyl halides is 3. The molecule has 0 radical (unpaired) electrons. The second-order valence-electron chi connectivity index (χ2n) is 5.56. The third-order valence-corrected chi connectivity index (χ3v) is 4.09. The van der Waals surface area contributed by atoms with Crippen LogP contribution in [0.25, 0.3) is 10.9 Å². The number of nitrogens with one attached hydrogen (secondary N) is 1. The molecule has 0 spiro atoms. The van der Waals surface area contributed by atoms with E-state index < -0.39 is 17.7 Å². The Balaban J connectivity index is 1.97. The number of aromatic amines is 1. The minimum atomic E-state index is -4.48. The van der Waals surface area contributed by atoms with Crippen LogP contribution in [0.1, 0.15) is 27.2 Å². The van der Waals surface area contributed by atoms with Crippen LogP contribution in [0, 0.1) is 0 Å². The van der Waals surface area contributed by atoms with Crippen molar-refractivity contribution in [2.45, 2.75) is 12.6 Å². The molecule has 1 N–H and O–H groups in total. The standard InChI is InChI=1S/C18H13ClF3NO2/c1-25-17(24)11-3-5-16-12(6-11)8-14(23-16)7-10-2-4-13(19)9-15(10)18(20,21)22/h2-6,8-9,23H,7H2,1H3. The number of esters is 1. The third kappa shape index (κ3) is 3.64. The highest BCUT2D eigenvalue weighted by atomic mass is 35.5. The molecule has 2 aromatic carbocycles. The minimum Gasteiger partial charge on any atom is -0.465 e. The number of hydrogen-bond acceptors (Lipinski definition) is 2. The first-order valence-corrected chi connectivity index (χ1v) is 7.71. The highest BCUT2D eigenvalue weighted by Crippen LogP contribution is 2.35. The summed E-state index contributed by atoms with van der Waals surface area (Å²) in [7, 11) is 1.29. The molecule has 0 saturated carbocycles. The van der Waals surface area contributed by atoms with E-state index in [2.05, 4.69) is 9.72 Å². The molecule has 7 heteroatoms. The lowest BCUT2D eigenvalue weighted by molar-refractivity contribution is -0.138. The van der Waals surface area contributed by atoms with Crippen LogP contribution in [0.2, 0.25) is 5.02 Å². The summed E-state index contributed by atoms with van der Waals surface area (Å²) in [5, 5.41) is 0.760. The fourth-order valence-corrected chi connectivity index (χ4v) is 2.88. The Hall–Kier alpha value is -2.47. The Bertz CT molecular complexity index is 947. The Morgan fingerprint density at radius 2 is 1.92 bits per heavy atom. The molecule has 0 saturated heterocycles. The molecule has 25 heavy (non-hydrogen) atoms. The van der Waals surface area contributed by atoms with Gasteiger partial charge < -0.3 is 9.72 Å². The molecule has 130 valence electrons. The first-order chi connectivity index (χ1) is 11.8. The largest absolute Gasteiger partial charge is 0.465 e. The van der Waals surface area contributed by atoms with E-state index in [-0.39, 0.29) is 17.0 Å². The van der Waals surface area contributed by atoms with E-state index in [0.717, 1.165) is 17.0 Å². The zero-order valence-electron chi connectivity index (χ0n) is 13.1. The predicted octanol–water partition coefficient (Wildman–Crippen LogP) is 5.22. The molecule has 3 aromatic rings. The fourth-order valence-electron chi connectivity index (χ4n) is 2.70. The quantitative estimate of drug-likeness (QED) is 0.645. The van der Waals surface area contributed by atoms with Crippen molar-refractivity contribution in [2.75, 3.05) is 7.11 Å². The van der Waals surface area contributed by atoms with Gasteiger partial charge in [0.1, 0.15) is 0 Å². The normalized spacial score (nSPS) is 11.7. The van der Waals surface area contributed by atoms with E-state index in [0.29, 0.717) is 11.3 Å². The molecule has 3 rings (SSSR count). The van der Waals surface area contributed by atoms with Gasteiger partial charge in [-0.05, 0) is 42.0 Å². The van der Waals surface area contributed by atoms with Crippen LogP contribution in [0.5, 0.6) is 0 Å². The number of H-pyrrole nitrogens is 1. The van der Waals surface area contributed by atoms with Crippen LogP contribution < -0.4 is 0 Å². The van der Waals surface area contributed by atoms with Gasteiger partial charge in [0.05, 0.1) is 18.2 Å². The second kappa shape index (κ2) is 6.44. The Morgan fingerprint density at radius 1 is 1.16 bits per heavy atom. The molecule has 0 aliphatic rings. The van der Waals surface area contributed by atoms with E-state index in [1.165, 1.54) is 19.2 Å². The molecule has 1 aromatic heterocycles. The number of ether oxygens (including phenoxy) is 1. The summed E-state index contributed by atoms with van der Waals surface area (Å²) in [6.45, 7) is 0. The predicted molar refractivity (Wildman–Crippen MR) is 88.9 cm³/mol. The van der Waals surface area contributed by atoms with Gasteiger partial charge in [0.25, 0.3) is 0 Å². The highest BCUT2D eigenvalue weighted by molar-refractivity contribution is 6.30. The van der Waals surface area contributed by atoms with Gasteiger partial charge in [0, 0.05) is 28.0 Å². The molecule has 0 bridgehead atoms. The van der Waals surface area contributed by atoms with Crippen molar-refractivity contribution in [3.05, 3.63) is 69.9 Å². The highest BCUT2D eigenvalue weighted by Gasteiger charge is 2.33. The van der Waals surface area contributed by atoms with Crippen molar-refractivity contribution in [3.8, 4) is 0 Å². The van der Waals surface area contributed by atoms with Crippen molar-refractivity contribution >= 4 is 28.5 Å². The number of carbonyl (C=O) groups excluding carboxylic acids is 1. The molecule has 3 nitrogen and oxygen atoms in total. The average Bonchev–Trinajstić information content (AvgIpc) is 2.96. The van der Waals surface area contributed by atoms with Crippen molar-refractivity contribution in [2.24, 2.45) is 0 Å². The van der Waals surface area contributed by atoms with E-state index >= 15 is 0 Å². The Morgan fingerprint density at radius 3 is 2.60 bits per heavy atom. The second-order valence-corrected chi connectivity index (χ2v) is 6.00. The lowest BCUT2D eigenvalue weighted by Crippen LogP contribution is -2.09. The van der Waals surface area contributed by atoms with E-state index in [4.69, 9.17) is 11.6 Å². The summed E-state index contributed by atoms with van der Waals surface area (Å²) < 4.78 is 44.3. The number of benzene rings is 2. The summed E-state index contributed by atoms with van der Waals surface area (Å²) >= 11 is 5.70. The van der Waals surface area contributed by atoms with Gasteiger partial charge in [-0.2, -0.15) is 13.2 Å². The molecule has 0 atom stereocenters. The first kappa shape index (κ1) is 17.4. The van der Waals surface area contributed by atoms with Crippen molar-refractivity contribution in [1.29, 1.82) is 0 Å². The van der Waals surface area contributed by atoms with Crippen LogP contribution in [-0.4, -0.2) is 18.1 Å². The SMILES string of the molecule is COC(=O)c1ccc2[nH]c(Cc3ccc(Cl)cc3C(F)(F)F)cc2c1. The number of hydrogen-bond donors (Lipinski definition) is 1. The third-order valence-electron chi connectivity index (χ3n) is 3.86. The molecular weight excluding hydrogens is 355 g/mol. The van der Waals surface area contributed by atoms with Crippen molar-refractivity contribution < 1.29 is 22.7 Å². The molecular formula is C18H13ClF3NO2. The van der Waals surface area contributed by atoms with Crippen LogP contribution in [0.4, 0.5) is 13.2 Å². The Labute approximate surface area is 146 Å². The number of halogens is 4. The van der Waals surface area contributed by atoms with E-state index in [1.54, 1.807) is 24.3 Å². The summed E-state index contributed by atoms with van der Waals surface area (Å²) in [6.07, 6.45) is -4.42. The molecule has 0 aliphatic heterocycles. The maximum absolute atomic E-state index is 13.2. The summed E-state index contributed by atoms with van der Waals surface area (Å²) in [5.74, 6) is -0.471. The van der Waals surface area contributed by atoms with Gasteiger partial charge in [-0.25, -0.2) is 4.79 Å². The van der Waals surface area contributed by atoms with Crippen molar-refractivity contribution in [3.63, 3.8) is 0 Å². The lowest BCUT2D eigenvalue weighted by Gasteiger charge is -2.12. The first-order valence-electron chi connectivity index (χ1n) is 7.33. The number of aromatic nitrogens is 1. The van der Waals surface area contributed by atoms with Gasteiger partial charge in [-0.15, -0.1) is 0 Å². The molecule has 0 amide bonds. The number of carbonyl (C=O) groups is 1.